The molecule has 0 amide bonds. The third-order valence-electron chi connectivity index (χ3n) is 3.92. The average molecular weight is 242 g/mol. The number of methoxy groups -OCH3 is 1. The normalized spacial score (nSPS) is 25.6. The van der Waals surface area contributed by atoms with Gasteiger partial charge in [0.25, 0.3) is 0 Å². The molecule has 0 aromatic rings. The molecule has 0 aromatic heterocycles. The van der Waals surface area contributed by atoms with Crippen LogP contribution >= 0.6 is 0 Å². The molecular formula is C14H30N2O. The lowest BCUT2D eigenvalue weighted by molar-refractivity contribution is 0.0174. The molecule has 0 aromatic carbocycles. The van der Waals surface area contributed by atoms with E-state index in [1.54, 1.807) is 0 Å². The Balaban J connectivity index is 1.95. The first-order valence-electron chi connectivity index (χ1n) is 7.26. The average Bonchev–Trinajstić information content (AvgIpc) is 2.27. The second-order valence-corrected chi connectivity index (χ2v) is 5.35. The molecule has 1 aliphatic rings. The van der Waals surface area contributed by atoms with Gasteiger partial charge < -0.3 is 15.8 Å². The second kappa shape index (κ2) is 8.90. The summed E-state index contributed by atoms with van der Waals surface area (Å²) >= 11 is 0. The fraction of sp³-hybridized carbons (Fsp3) is 1.00. The molecule has 0 heterocycles. The van der Waals surface area contributed by atoms with Crippen molar-refractivity contribution in [3.8, 4) is 0 Å². The third kappa shape index (κ3) is 5.84. The van der Waals surface area contributed by atoms with Gasteiger partial charge in [0.2, 0.25) is 0 Å². The highest BCUT2D eigenvalue weighted by atomic mass is 16.5. The maximum absolute atomic E-state index is 5.64. The van der Waals surface area contributed by atoms with Crippen molar-refractivity contribution in [1.29, 1.82) is 0 Å². The Labute approximate surface area is 106 Å². The van der Waals surface area contributed by atoms with Crippen LogP contribution in [0.1, 0.15) is 51.9 Å². The lowest BCUT2D eigenvalue weighted by atomic mass is 9.89. The fourth-order valence-electron chi connectivity index (χ4n) is 2.70. The van der Waals surface area contributed by atoms with E-state index in [9.17, 15) is 0 Å². The zero-order valence-electron chi connectivity index (χ0n) is 11.6. The fourth-order valence-corrected chi connectivity index (χ4v) is 2.70. The summed E-state index contributed by atoms with van der Waals surface area (Å²) in [4.78, 5) is 0. The Morgan fingerprint density at radius 1 is 1.29 bits per heavy atom. The second-order valence-electron chi connectivity index (χ2n) is 5.35. The van der Waals surface area contributed by atoms with E-state index in [1.165, 1.54) is 44.9 Å². The summed E-state index contributed by atoms with van der Waals surface area (Å²) in [5, 5.41) is 3.61. The van der Waals surface area contributed by atoms with Gasteiger partial charge in [-0.1, -0.05) is 19.8 Å². The molecule has 1 unspecified atom stereocenters. The van der Waals surface area contributed by atoms with Crippen LogP contribution in [-0.4, -0.2) is 32.3 Å². The molecule has 0 bridgehead atoms. The van der Waals surface area contributed by atoms with Crippen molar-refractivity contribution in [3.05, 3.63) is 0 Å². The third-order valence-corrected chi connectivity index (χ3v) is 3.92. The van der Waals surface area contributed by atoms with E-state index in [-0.39, 0.29) is 0 Å². The number of ether oxygens (including phenoxy) is 1. The Morgan fingerprint density at radius 3 is 2.65 bits per heavy atom. The minimum Gasteiger partial charge on any atom is -0.381 e. The van der Waals surface area contributed by atoms with Crippen LogP contribution in [0.4, 0.5) is 0 Å². The summed E-state index contributed by atoms with van der Waals surface area (Å²) in [6, 6.07) is 0.707. The Hall–Kier alpha value is -0.120. The molecule has 3 heteroatoms. The quantitative estimate of drug-likeness (QED) is 0.578. The van der Waals surface area contributed by atoms with Gasteiger partial charge >= 0.3 is 0 Å². The molecule has 1 saturated carbocycles. The first kappa shape index (κ1) is 14.9. The molecule has 1 aliphatic carbocycles. The molecule has 102 valence electrons. The van der Waals surface area contributed by atoms with E-state index < -0.39 is 0 Å². The Morgan fingerprint density at radius 2 is 2.06 bits per heavy atom. The van der Waals surface area contributed by atoms with Gasteiger partial charge in [0.1, 0.15) is 0 Å². The molecule has 1 rings (SSSR count). The molecule has 0 radical (unpaired) electrons. The summed E-state index contributed by atoms with van der Waals surface area (Å²) in [5.41, 5.74) is 5.64. The molecule has 1 atom stereocenters. The lowest BCUT2D eigenvalue weighted by Gasteiger charge is -2.34. The Bertz CT molecular complexity index is 175. The van der Waals surface area contributed by atoms with Gasteiger partial charge in [0.05, 0.1) is 6.10 Å². The van der Waals surface area contributed by atoms with Gasteiger partial charge in [-0.2, -0.15) is 0 Å². The largest absolute Gasteiger partial charge is 0.381 e. The van der Waals surface area contributed by atoms with Gasteiger partial charge in [-0.3, -0.25) is 0 Å². The van der Waals surface area contributed by atoms with Gasteiger partial charge in [-0.25, -0.2) is 0 Å². The highest BCUT2D eigenvalue weighted by Gasteiger charge is 2.27. The molecule has 17 heavy (non-hydrogen) atoms. The minimum atomic E-state index is 0.512. The van der Waals surface area contributed by atoms with Crippen LogP contribution in [0.3, 0.4) is 0 Å². The van der Waals surface area contributed by atoms with Crippen molar-refractivity contribution in [3.63, 3.8) is 0 Å². The van der Waals surface area contributed by atoms with Crippen LogP contribution in [0.5, 0.6) is 0 Å². The molecule has 3 N–H and O–H groups in total. The standard InChI is InChI=1S/C14H30N2O/c1-3-5-12(7-8-15)6-4-9-16-13-10-14(11-13)17-2/h12-14,16H,3-11,15H2,1-2H3. The van der Waals surface area contributed by atoms with E-state index in [1.807, 2.05) is 7.11 Å². The van der Waals surface area contributed by atoms with Crippen LogP contribution in [0.2, 0.25) is 0 Å². The zero-order valence-corrected chi connectivity index (χ0v) is 11.6. The topological polar surface area (TPSA) is 47.3 Å². The number of hydrogen-bond donors (Lipinski definition) is 2. The SMILES string of the molecule is CCCC(CCN)CCCNC1CC(OC)C1. The summed E-state index contributed by atoms with van der Waals surface area (Å²) in [6.45, 7) is 4.27. The van der Waals surface area contributed by atoms with Crippen LogP contribution in [0, 0.1) is 5.92 Å². The number of hydrogen-bond acceptors (Lipinski definition) is 3. The van der Waals surface area contributed by atoms with Crippen molar-refractivity contribution in [2.45, 2.75) is 64.0 Å². The first-order valence-corrected chi connectivity index (χ1v) is 7.26. The van der Waals surface area contributed by atoms with Crippen molar-refractivity contribution in [1.82, 2.24) is 5.32 Å². The summed E-state index contributed by atoms with van der Waals surface area (Å²) in [7, 11) is 1.81. The van der Waals surface area contributed by atoms with Crippen LogP contribution in [0.25, 0.3) is 0 Å². The molecule has 0 saturated heterocycles. The maximum Gasteiger partial charge on any atom is 0.0601 e. The molecule has 3 nitrogen and oxygen atoms in total. The van der Waals surface area contributed by atoms with E-state index in [2.05, 4.69) is 12.2 Å². The number of nitrogens with two attached hydrogens (primary N) is 1. The summed E-state index contributed by atoms with van der Waals surface area (Å²) < 4.78 is 5.27. The van der Waals surface area contributed by atoms with Gasteiger partial charge in [-0.15, -0.1) is 0 Å². The highest BCUT2D eigenvalue weighted by Crippen LogP contribution is 2.22. The number of rotatable bonds is 10. The number of nitrogens with one attached hydrogen (secondary N) is 1. The van der Waals surface area contributed by atoms with Crippen LogP contribution in [0.15, 0.2) is 0 Å². The molecular weight excluding hydrogens is 212 g/mol. The van der Waals surface area contributed by atoms with Crippen molar-refractivity contribution < 1.29 is 4.74 Å². The molecule has 0 spiro atoms. The van der Waals surface area contributed by atoms with E-state index in [0.29, 0.717) is 12.1 Å². The van der Waals surface area contributed by atoms with E-state index >= 15 is 0 Å². The minimum absolute atomic E-state index is 0.512. The zero-order chi connectivity index (χ0) is 12.5. The molecule has 1 fully saturated rings. The van der Waals surface area contributed by atoms with E-state index in [4.69, 9.17) is 10.5 Å². The summed E-state index contributed by atoms with van der Waals surface area (Å²) in [6.07, 6.45) is 9.34. The predicted molar refractivity (Wildman–Crippen MR) is 73.1 cm³/mol. The van der Waals surface area contributed by atoms with Gasteiger partial charge in [0.15, 0.2) is 0 Å². The monoisotopic (exact) mass is 242 g/mol. The van der Waals surface area contributed by atoms with Crippen molar-refractivity contribution >= 4 is 0 Å². The Kier molecular flexibility index (Phi) is 7.82. The summed E-state index contributed by atoms with van der Waals surface area (Å²) in [5.74, 6) is 0.847. The first-order chi connectivity index (χ1) is 8.30. The maximum atomic E-state index is 5.64. The predicted octanol–water partition coefficient (Wildman–Crippen LogP) is 2.30. The van der Waals surface area contributed by atoms with Gasteiger partial charge in [0, 0.05) is 13.2 Å². The van der Waals surface area contributed by atoms with Gasteiger partial charge in [-0.05, 0) is 51.1 Å². The lowest BCUT2D eigenvalue weighted by Crippen LogP contribution is -2.45. The highest BCUT2D eigenvalue weighted by molar-refractivity contribution is 4.85. The van der Waals surface area contributed by atoms with Crippen LogP contribution < -0.4 is 11.1 Å². The molecule has 0 aliphatic heterocycles. The van der Waals surface area contributed by atoms with Crippen LogP contribution in [-0.2, 0) is 4.74 Å². The van der Waals surface area contributed by atoms with Crippen molar-refractivity contribution in [2.24, 2.45) is 11.7 Å². The van der Waals surface area contributed by atoms with Crippen molar-refractivity contribution in [2.75, 3.05) is 20.2 Å². The van der Waals surface area contributed by atoms with E-state index in [0.717, 1.165) is 19.0 Å². The smallest absolute Gasteiger partial charge is 0.0601 e.